The Morgan fingerprint density at radius 1 is 0.857 bits per heavy atom. The van der Waals surface area contributed by atoms with E-state index in [-0.39, 0.29) is 17.3 Å². The highest BCUT2D eigenvalue weighted by atomic mass is 35.5. The van der Waals surface area contributed by atoms with Crippen LogP contribution < -0.4 is 9.62 Å². The number of para-hydroxylation sites is 1. The van der Waals surface area contributed by atoms with E-state index in [0.717, 1.165) is 29.5 Å². The van der Waals surface area contributed by atoms with Crippen molar-refractivity contribution in [1.29, 1.82) is 0 Å². The van der Waals surface area contributed by atoms with Crippen LogP contribution in [0.4, 0.5) is 5.69 Å². The molecule has 35 heavy (non-hydrogen) atoms. The fourth-order valence-corrected chi connectivity index (χ4v) is 5.72. The highest BCUT2D eigenvalue weighted by Crippen LogP contribution is 2.24. The van der Waals surface area contributed by atoms with Crippen molar-refractivity contribution in [3.63, 3.8) is 0 Å². The molecule has 8 heteroatoms. The topological polar surface area (TPSA) is 69.7 Å². The first-order chi connectivity index (χ1) is 16.9. The SMILES string of the molecule is O=C(CN(c1ccccc1)S(=O)(=O)c1ccc(Cl)cc1)NCc1ccc(CN2CCCCC2)cc1. The number of hydrogen-bond acceptors (Lipinski definition) is 4. The fourth-order valence-electron chi connectivity index (χ4n) is 4.17. The number of hydrogen-bond donors (Lipinski definition) is 1. The van der Waals surface area contributed by atoms with E-state index in [0.29, 0.717) is 17.3 Å². The minimum atomic E-state index is -3.96. The van der Waals surface area contributed by atoms with Crippen LogP contribution >= 0.6 is 11.6 Å². The quantitative estimate of drug-likeness (QED) is 0.446. The zero-order valence-electron chi connectivity index (χ0n) is 19.6. The number of sulfonamides is 1. The van der Waals surface area contributed by atoms with Crippen LogP contribution in [0.3, 0.4) is 0 Å². The lowest BCUT2D eigenvalue weighted by Gasteiger charge is -2.26. The molecule has 0 unspecified atom stereocenters. The maximum atomic E-state index is 13.4. The van der Waals surface area contributed by atoms with E-state index in [1.165, 1.54) is 49.1 Å². The lowest BCUT2D eigenvalue weighted by molar-refractivity contribution is -0.119. The Morgan fingerprint density at radius 3 is 2.14 bits per heavy atom. The average Bonchev–Trinajstić information content (AvgIpc) is 2.88. The van der Waals surface area contributed by atoms with Crippen LogP contribution in [-0.2, 0) is 27.9 Å². The van der Waals surface area contributed by atoms with Gasteiger partial charge >= 0.3 is 0 Å². The van der Waals surface area contributed by atoms with E-state index >= 15 is 0 Å². The molecule has 0 aliphatic carbocycles. The minimum absolute atomic E-state index is 0.0721. The summed E-state index contributed by atoms with van der Waals surface area (Å²) in [5, 5.41) is 3.30. The summed E-state index contributed by atoms with van der Waals surface area (Å²) < 4.78 is 27.8. The summed E-state index contributed by atoms with van der Waals surface area (Å²) in [5.41, 5.74) is 2.64. The second-order valence-corrected chi connectivity index (χ2v) is 11.0. The molecule has 3 aromatic rings. The molecule has 1 saturated heterocycles. The first-order valence-corrected chi connectivity index (χ1v) is 13.6. The molecule has 0 bridgehead atoms. The second-order valence-electron chi connectivity index (χ2n) is 8.73. The second kappa shape index (κ2) is 11.7. The van der Waals surface area contributed by atoms with E-state index < -0.39 is 10.0 Å². The van der Waals surface area contributed by atoms with Gasteiger partial charge in [0.15, 0.2) is 0 Å². The third-order valence-electron chi connectivity index (χ3n) is 6.10. The number of benzene rings is 3. The number of amides is 1. The van der Waals surface area contributed by atoms with Crippen molar-refractivity contribution < 1.29 is 13.2 Å². The molecule has 4 rings (SSSR count). The molecule has 0 saturated carbocycles. The van der Waals surface area contributed by atoms with E-state index in [4.69, 9.17) is 11.6 Å². The first-order valence-electron chi connectivity index (χ1n) is 11.8. The molecule has 3 aromatic carbocycles. The van der Waals surface area contributed by atoms with Gasteiger partial charge in [0.05, 0.1) is 10.6 Å². The van der Waals surface area contributed by atoms with Crippen molar-refractivity contribution in [2.75, 3.05) is 23.9 Å². The van der Waals surface area contributed by atoms with Crippen LogP contribution in [-0.4, -0.2) is 38.9 Å². The Hall–Kier alpha value is -2.87. The van der Waals surface area contributed by atoms with Gasteiger partial charge in [0.25, 0.3) is 10.0 Å². The zero-order valence-corrected chi connectivity index (χ0v) is 21.1. The van der Waals surface area contributed by atoms with Crippen LogP contribution in [0.15, 0.2) is 83.8 Å². The highest BCUT2D eigenvalue weighted by Gasteiger charge is 2.27. The molecule has 1 aliphatic heterocycles. The minimum Gasteiger partial charge on any atom is -0.350 e. The van der Waals surface area contributed by atoms with Gasteiger partial charge < -0.3 is 5.32 Å². The molecule has 0 atom stereocenters. The molecule has 0 aromatic heterocycles. The number of nitrogens with zero attached hydrogens (tertiary/aromatic N) is 2. The average molecular weight is 512 g/mol. The molecule has 1 fully saturated rings. The predicted octanol–water partition coefficient (Wildman–Crippen LogP) is 4.84. The van der Waals surface area contributed by atoms with Gasteiger partial charge in [-0.1, -0.05) is 60.5 Å². The Balaban J connectivity index is 1.40. The summed E-state index contributed by atoms with van der Waals surface area (Å²) in [7, 11) is -3.96. The number of likely N-dealkylation sites (tertiary alicyclic amines) is 1. The van der Waals surface area contributed by atoms with Gasteiger partial charge in [-0.15, -0.1) is 0 Å². The van der Waals surface area contributed by atoms with Crippen molar-refractivity contribution in [1.82, 2.24) is 10.2 Å². The largest absolute Gasteiger partial charge is 0.350 e. The number of carbonyl (C=O) groups excluding carboxylic acids is 1. The molecular formula is C27H30ClN3O3S. The molecule has 0 radical (unpaired) electrons. The van der Waals surface area contributed by atoms with E-state index in [1.807, 2.05) is 12.1 Å². The zero-order chi connectivity index (χ0) is 24.7. The summed E-state index contributed by atoms with van der Waals surface area (Å²) in [5.74, 6) is -0.385. The number of halogens is 1. The molecule has 1 aliphatic rings. The Bertz CT molecular complexity index is 1210. The summed E-state index contributed by atoms with van der Waals surface area (Å²) in [6, 6.07) is 22.8. The predicted molar refractivity (Wildman–Crippen MR) is 140 cm³/mol. The third-order valence-corrected chi connectivity index (χ3v) is 8.14. The molecule has 1 N–H and O–H groups in total. The van der Waals surface area contributed by atoms with Gasteiger partial charge in [-0.05, 0) is 73.5 Å². The molecule has 1 amide bonds. The van der Waals surface area contributed by atoms with Gasteiger partial charge in [0.2, 0.25) is 5.91 Å². The van der Waals surface area contributed by atoms with Crippen molar-refractivity contribution in [2.45, 2.75) is 37.2 Å². The number of rotatable bonds is 9. The van der Waals surface area contributed by atoms with Gasteiger partial charge in [-0.2, -0.15) is 0 Å². The molecule has 184 valence electrons. The Kier molecular flexibility index (Phi) is 8.44. The molecular weight excluding hydrogens is 482 g/mol. The van der Waals surface area contributed by atoms with Crippen molar-refractivity contribution in [3.8, 4) is 0 Å². The summed E-state index contributed by atoms with van der Waals surface area (Å²) in [6.07, 6.45) is 3.84. The van der Waals surface area contributed by atoms with Crippen LogP contribution in [0.25, 0.3) is 0 Å². The van der Waals surface area contributed by atoms with E-state index in [2.05, 4.69) is 22.3 Å². The fraction of sp³-hybridized carbons (Fsp3) is 0.296. The van der Waals surface area contributed by atoms with Crippen molar-refractivity contribution in [3.05, 3.63) is 95.0 Å². The van der Waals surface area contributed by atoms with Gasteiger partial charge in [-0.25, -0.2) is 8.42 Å². The standard InChI is InChI=1S/C27H30ClN3O3S/c28-24-13-15-26(16-14-24)35(33,34)31(25-7-3-1-4-8-25)21-27(32)29-19-22-9-11-23(12-10-22)20-30-17-5-2-6-18-30/h1,3-4,7-16H,2,5-6,17-21H2,(H,29,32). The van der Waals surface area contributed by atoms with Gasteiger partial charge in [0, 0.05) is 18.1 Å². The number of nitrogens with one attached hydrogen (secondary N) is 1. The molecule has 1 heterocycles. The lowest BCUT2D eigenvalue weighted by Crippen LogP contribution is -2.40. The Labute approximate surface area is 212 Å². The lowest BCUT2D eigenvalue weighted by atomic mass is 10.1. The molecule has 6 nitrogen and oxygen atoms in total. The number of carbonyl (C=O) groups is 1. The maximum Gasteiger partial charge on any atom is 0.264 e. The Morgan fingerprint density at radius 2 is 1.49 bits per heavy atom. The van der Waals surface area contributed by atoms with E-state index in [9.17, 15) is 13.2 Å². The summed E-state index contributed by atoms with van der Waals surface area (Å²) in [4.78, 5) is 15.4. The van der Waals surface area contributed by atoms with Gasteiger partial charge in [0.1, 0.15) is 6.54 Å². The summed E-state index contributed by atoms with van der Waals surface area (Å²) >= 11 is 5.93. The van der Waals surface area contributed by atoms with Crippen LogP contribution in [0.2, 0.25) is 5.02 Å². The number of anilines is 1. The normalized spacial score (nSPS) is 14.4. The third kappa shape index (κ3) is 6.84. The van der Waals surface area contributed by atoms with Crippen molar-refractivity contribution >= 4 is 33.2 Å². The molecule has 0 spiro atoms. The smallest absolute Gasteiger partial charge is 0.264 e. The number of piperidine rings is 1. The van der Waals surface area contributed by atoms with E-state index in [1.54, 1.807) is 30.3 Å². The monoisotopic (exact) mass is 511 g/mol. The van der Waals surface area contributed by atoms with Crippen LogP contribution in [0, 0.1) is 0 Å². The first kappa shape index (κ1) is 25.2. The maximum absolute atomic E-state index is 13.4. The van der Waals surface area contributed by atoms with Crippen LogP contribution in [0.1, 0.15) is 30.4 Å². The van der Waals surface area contributed by atoms with Crippen LogP contribution in [0.5, 0.6) is 0 Å². The van der Waals surface area contributed by atoms with Crippen molar-refractivity contribution in [2.24, 2.45) is 0 Å². The summed E-state index contributed by atoms with van der Waals surface area (Å²) in [6.45, 7) is 3.24. The highest BCUT2D eigenvalue weighted by molar-refractivity contribution is 7.92. The van der Waals surface area contributed by atoms with Gasteiger partial charge in [-0.3, -0.25) is 14.0 Å².